The second-order valence-electron chi connectivity index (χ2n) is 5.74. The fourth-order valence-electron chi connectivity index (χ4n) is 2.32. The van der Waals surface area contributed by atoms with Gasteiger partial charge in [0.15, 0.2) is 0 Å². The molecule has 1 atom stereocenters. The molecule has 1 aromatic carbocycles. The first-order valence-electron chi connectivity index (χ1n) is 6.12. The summed E-state index contributed by atoms with van der Waals surface area (Å²) in [4.78, 5) is -0.507. The molecule has 1 aromatic rings. The molecule has 0 aliphatic carbocycles. The van der Waals surface area contributed by atoms with Gasteiger partial charge in [0, 0.05) is 9.80 Å². The highest BCUT2D eigenvalue weighted by Gasteiger charge is 2.69. The van der Waals surface area contributed by atoms with Crippen LogP contribution < -0.4 is 30.4 Å². The average Bonchev–Trinajstić information content (AvgIpc) is 2.62. The molecule has 1 aliphatic rings. The van der Waals surface area contributed by atoms with E-state index in [1.54, 1.807) is 6.07 Å². The first-order chi connectivity index (χ1) is 9.79. The van der Waals surface area contributed by atoms with E-state index in [9.17, 15) is 23.5 Å². The zero-order valence-electron chi connectivity index (χ0n) is 11.9. The maximum Gasteiger partial charge on any atom is 0.466 e. The number of rotatable bonds is 2. The standard InChI is InChI=1S/C13H14F3IO4S/c1-12(2,3)11-8-9-6-4-5-7-10(9)22(11,13(14,15)16)21-17(18,19)20/h4-8H,1-3H3. The van der Waals surface area contributed by atoms with Crippen molar-refractivity contribution >= 4 is 16.4 Å². The van der Waals surface area contributed by atoms with Gasteiger partial charge in [0.25, 0.3) is 0 Å². The molecular weight excluding hydrogens is 436 g/mol. The van der Waals surface area contributed by atoms with Gasteiger partial charge in [-0.3, -0.25) is 10.3 Å². The van der Waals surface area contributed by atoms with Gasteiger partial charge in [-0.1, -0.05) is 39.0 Å². The van der Waals surface area contributed by atoms with E-state index in [2.05, 4.69) is 2.51 Å². The summed E-state index contributed by atoms with van der Waals surface area (Å²) in [5.74, 6) is 0. The number of halogens is 4. The summed E-state index contributed by atoms with van der Waals surface area (Å²) in [6.45, 7) is 4.57. The predicted molar refractivity (Wildman–Crippen MR) is 66.9 cm³/mol. The third-order valence-corrected chi connectivity index (χ3v) is 9.34. The van der Waals surface area contributed by atoms with Crippen molar-refractivity contribution in [3.8, 4) is 0 Å². The number of benzene rings is 1. The molecule has 0 spiro atoms. The molecule has 0 fully saturated rings. The van der Waals surface area contributed by atoms with E-state index in [0.717, 1.165) is 0 Å². The first-order valence-corrected chi connectivity index (χ1v) is 11.2. The molecule has 1 unspecified atom stereocenters. The van der Waals surface area contributed by atoms with Gasteiger partial charge in [0.05, 0.1) is 2.51 Å². The Morgan fingerprint density at radius 1 is 1.05 bits per heavy atom. The van der Waals surface area contributed by atoms with E-state index in [1.165, 1.54) is 45.0 Å². The zero-order valence-corrected chi connectivity index (χ0v) is 14.9. The molecule has 0 saturated heterocycles. The second kappa shape index (κ2) is 5.35. The summed E-state index contributed by atoms with van der Waals surface area (Å²) in [5.41, 5.74) is -5.80. The van der Waals surface area contributed by atoms with Crippen molar-refractivity contribution in [3.05, 3.63) is 34.7 Å². The van der Waals surface area contributed by atoms with Crippen molar-refractivity contribution < 1.29 is 46.1 Å². The summed E-state index contributed by atoms with van der Waals surface area (Å²) in [7, 11) is -4.39. The van der Waals surface area contributed by atoms with Crippen LogP contribution in [-0.4, -0.2) is 5.51 Å². The summed E-state index contributed by atoms with van der Waals surface area (Å²) in [6, 6.07) is 5.52. The van der Waals surface area contributed by atoms with Crippen LogP contribution in [0, 0.1) is 5.41 Å². The first kappa shape index (κ1) is 18.0. The monoisotopic (exact) mass is 450 g/mol. The van der Waals surface area contributed by atoms with E-state index in [0.29, 0.717) is 0 Å². The van der Waals surface area contributed by atoms with Crippen LogP contribution in [0.15, 0.2) is 34.1 Å². The number of hydrogen-bond acceptors (Lipinski definition) is 4. The minimum absolute atomic E-state index is 0.218. The van der Waals surface area contributed by atoms with Crippen LogP contribution in [0.5, 0.6) is 0 Å². The van der Waals surface area contributed by atoms with Gasteiger partial charge in [-0.05, 0) is 23.1 Å². The van der Waals surface area contributed by atoms with Crippen LogP contribution >= 0.6 is 10.3 Å². The van der Waals surface area contributed by atoms with Crippen molar-refractivity contribution in [3.63, 3.8) is 0 Å². The topological polar surface area (TPSA) is 78.4 Å². The van der Waals surface area contributed by atoms with Crippen molar-refractivity contribution in [1.82, 2.24) is 0 Å². The normalized spacial score (nSPS) is 25.4. The minimum atomic E-state index is -6.62. The summed E-state index contributed by atoms with van der Waals surface area (Å²) in [6.07, 6.45) is 1.28. The predicted octanol–water partition coefficient (Wildman–Crippen LogP) is -1.40. The molecule has 0 aromatic heterocycles. The Balaban J connectivity index is 2.80. The van der Waals surface area contributed by atoms with Crippen LogP contribution in [-0.2, 0) is 2.51 Å². The third kappa shape index (κ3) is 3.02. The van der Waals surface area contributed by atoms with Gasteiger partial charge < -0.3 is 0 Å². The number of hydrogen-bond donors (Lipinski definition) is 0. The Hall–Kier alpha value is -0.330. The van der Waals surface area contributed by atoms with Gasteiger partial charge in [0.1, 0.15) is 10.3 Å². The van der Waals surface area contributed by atoms with Crippen molar-refractivity contribution in [1.29, 1.82) is 0 Å². The Morgan fingerprint density at radius 2 is 1.59 bits per heavy atom. The highest BCUT2D eigenvalue weighted by Crippen LogP contribution is 2.78. The largest absolute Gasteiger partial charge is 0.466 e. The van der Waals surface area contributed by atoms with E-state index in [1.807, 2.05) is 0 Å². The average molecular weight is 450 g/mol. The van der Waals surface area contributed by atoms with Crippen LogP contribution in [0.4, 0.5) is 13.2 Å². The van der Waals surface area contributed by atoms with Gasteiger partial charge in [-0.25, -0.2) is 0 Å². The third-order valence-electron chi connectivity index (χ3n) is 3.06. The fourth-order valence-corrected chi connectivity index (χ4v) is 9.13. The Kier molecular flexibility index (Phi) is 4.38. The summed E-state index contributed by atoms with van der Waals surface area (Å²) < 4.78 is 79.4. The fraction of sp³-hybridized carbons (Fsp3) is 0.385. The zero-order chi connectivity index (χ0) is 17.0. The van der Waals surface area contributed by atoms with E-state index in [4.69, 9.17) is 0 Å². The molecule has 124 valence electrons. The quantitative estimate of drug-likeness (QED) is 0.520. The van der Waals surface area contributed by atoms with Gasteiger partial charge in [0.2, 0.25) is 0 Å². The molecular formula is C13H14F3IO4S. The SMILES string of the molecule is CC(C)(C)C1=Cc2ccccc2S1(O[I+3]([O-])([O-])[O-])C(F)(F)F. The van der Waals surface area contributed by atoms with Crippen LogP contribution in [0.2, 0.25) is 0 Å². The van der Waals surface area contributed by atoms with E-state index >= 15 is 0 Å². The van der Waals surface area contributed by atoms with Crippen LogP contribution in [0.25, 0.3) is 6.08 Å². The lowest BCUT2D eigenvalue weighted by atomic mass is 9.95. The van der Waals surface area contributed by atoms with Gasteiger partial charge in [-0.2, -0.15) is 13.2 Å². The molecule has 1 aliphatic heterocycles. The molecule has 1 heterocycles. The molecule has 22 heavy (non-hydrogen) atoms. The Bertz CT molecular complexity index is 619. The number of fused-ring (bicyclic) bond motifs is 1. The maximum absolute atomic E-state index is 13.9. The van der Waals surface area contributed by atoms with Crippen molar-refractivity contribution in [2.24, 2.45) is 5.41 Å². The van der Waals surface area contributed by atoms with E-state index in [-0.39, 0.29) is 15.4 Å². The summed E-state index contributed by atoms with van der Waals surface area (Å²) in [5, 5.41) is 0. The smallest absolute Gasteiger partial charge is 0.254 e. The lowest BCUT2D eigenvalue weighted by Gasteiger charge is -2.38. The molecule has 0 radical (unpaired) electrons. The molecule has 0 bridgehead atoms. The second-order valence-corrected chi connectivity index (χ2v) is 11.6. The van der Waals surface area contributed by atoms with Crippen LogP contribution in [0.3, 0.4) is 0 Å². The molecule has 0 amide bonds. The number of alkyl halides is 3. The van der Waals surface area contributed by atoms with Gasteiger partial charge in [-0.15, -0.1) is 0 Å². The van der Waals surface area contributed by atoms with Crippen molar-refractivity contribution in [2.45, 2.75) is 31.2 Å². The van der Waals surface area contributed by atoms with Crippen LogP contribution in [0.1, 0.15) is 26.3 Å². The van der Waals surface area contributed by atoms with Gasteiger partial charge >= 0.3 is 25.6 Å². The Labute approximate surface area is 133 Å². The van der Waals surface area contributed by atoms with Crippen molar-refractivity contribution in [2.75, 3.05) is 0 Å². The molecule has 0 saturated carbocycles. The maximum atomic E-state index is 13.9. The number of allylic oxidation sites excluding steroid dienone is 1. The highest BCUT2D eigenvalue weighted by atomic mass is 127. The Morgan fingerprint density at radius 3 is 2.05 bits per heavy atom. The molecule has 9 heteroatoms. The minimum Gasteiger partial charge on any atom is -0.254 e. The van der Waals surface area contributed by atoms with E-state index < -0.39 is 41.3 Å². The highest BCUT2D eigenvalue weighted by molar-refractivity contribution is 8.34. The molecule has 2 rings (SSSR count). The summed E-state index contributed by atoms with van der Waals surface area (Å²) >= 11 is -6.62. The lowest BCUT2D eigenvalue weighted by Crippen LogP contribution is -4.23. The molecule has 0 N–H and O–H groups in total. The lowest BCUT2D eigenvalue weighted by molar-refractivity contribution is -1.91. The molecule has 4 nitrogen and oxygen atoms in total.